The number of rotatable bonds is 2. The Morgan fingerprint density at radius 1 is 1.11 bits per heavy atom. The van der Waals surface area contributed by atoms with E-state index in [2.05, 4.69) is 4.74 Å². The Hall–Kier alpha value is -2.20. The minimum atomic E-state index is -5.29. The molecule has 0 amide bonds. The number of benzene rings is 1. The number of aliphatic hydroxyl groups excluding tert-OH is 1. The van der Waals surface area contributed by atoms with Crippen LogP contribution in [0.4, 0.5) is 45.2 Å². The first-order valence-corrected chi connectivity index (χ1v) is 7.01. The van der Waals surface area contributed by atoms with Crippen LogP contribution in [0, 0.1) is 11.3 Å². The van der Waals surface area contributed by atoms with E-state index in [4.69, 9.17) is 10.4 Å². The van der Waals surface area contributed by atoms with Gasteiger partial charge in [0.05, 0.1) is 17.2 Å². The average Bonchev–Trinajstić information content (AvgIpc) is 2.97. The van der Waals surface area contributed by atoms with Crippen LogP contribution >= 0.6 is 0 Å². The fraction of sp³-hybridized carbons (Fsp3) is 0.500. The molecule has 0 saturated carbocycles. The summed E-state index contributed by atoms with van der Waals surface area (Å²) in [7, 11) is 0. The average molecular weight is 408 g/mol. The lowest BCUT2D eigenvalue weighted by Gasteiger charge is -2.27. The normalized spacial score (nSPS) is 22.6. The molecule has 0 spiro atoms. The summed E-state index contributed by atoms with van der Waals surface area (Å²) < 4.78 is 120. The Balaban J connectivity index is 2.47. The van der Waals surface area contributed by atoms with Crippen molar-refractivity contribution in [3.63, 3.8) is 0 Å². The van der Waals surface area contributed by atoms with Crippen molar-refractivity contribution in [1.29, 1.82) is 5.26 Å². The molecule has 1 N–H and O–H groups in total. The largest absolute Gasteiger partial charge is 0.433 e. The monoisotopic (exact) mass is 408 g/mol. The van der Waals surface area contributed by atoms with E-state index >= 15 is 0 Å². The summed E-state index contributed by atoms with van der Waals surface area (Å²) in [5.74, 6) is 0. The Morgan fingerprint density at radius 3 is 2.15 bits per heavy atom. The molecule has 1 aromatic rings. The smallest absolute Gasteiger partial charge is 0.381 e. The van der Waals surface area contributed by atoms with E-state index in [1.807, 2.05) is 0 Å². The first-order chi connectivity index (χ1) is 12.2. The van der Waals surface area contributed by atoms with Crippen molar-refractivity contribution >= 4 is 5.69 Å². The van der Waals surface area contributed by atoms with Gasteiger partial charge in [0.2, 0.25) is 6.23 Å². The lowest BCUT2D eigenvalue weighted by atomic mass is 10.1. The highest BCUT2D eigenvalue weighted by Gasteiger charge is 2.56. The first kappa shape index (κ1) is 21.1. The van der Waals surface area contributed by atoms with Gasteiger partial charge in [-0.25, -0.2) is 0 Å². The van der Waals surface area contributed by atoms with Gasteiger partial charge in [0, 0.05) is 12.2 Å². The molecule has 1 aliphatic rings. The molecule has 1 aromatic carbocycles. The molecule has 2 rings (SSSR count). The zero-order valence-corrected chi connectivity index (χ0v) is 12.8. The molecule has 0 radical (unpaired) electrons. The van der Waals surface area contributed by atoms with Crippen molar-refractivity contribution in [1.82, 2.24) is 0 Å². The van der Waals surface area contributed by atoms with Crippen molar-refractivity contribution in [2.75, 3.05) is 11.4 Å². The lowest BCUT2D eigenvalue weighted by Crippen LogP contribution is -2.42. The van der Waals surface area contributed by atoms with Crippen molar-refractivity contribution in [3.05, 3.63) is 29.3 Å². The number of anilines is 1. The van der Waals surface area contributed by atoms with Crippen molar-refractivity contribution < 1.29 is 49.4 Å². The second-order valence-electron chi connectivity index (χ2n) is 5.55. The van der Waals surface area contributed by atoms with Gasteiger partial charge in [-0.05, 0) is 18.2 Å². The Labute approximate surface area is 145 Å². The topological polar surface area (TPSA) is 56.5 Å². The highest BCUT2D eigenvalue weighted by Crippen LogP contribution is 2.40. The van der Waals surface area contributed by atoms with Crippen LogP contribution in [0.15, 0.2) is 18.2 Å². The maximum absolute atomic E-state index is 13.1. The zero-order chi connectivity index (χ0) is 20.8. The maximum atomic E-state index is 13.1. The molecule has 4 nitrogen and oxygen atoms in total. The fourth-order valence-electron chi connectivity index (χ4n) is 2.49. The Bertz CT molecular complexity index is 736. The Kier molecular flexibility index (Phi) is 5.28. The molecular weight excluding hydrogens is 399 g/mol. The minimum absolute atomic E-state index is 0.121. The van der Waals surface area contributed by atoms with E-state index in [1.54, 1.807) is 0 Å². The summed E-state index contributed by atoms with van der Waals surface area (Å²) >= 11 is 0. The minimum Gasteiger partial charge on any atom is -0.381 e. The van der Waals surface area contributed by atoms with E-state index in [-0.39, 0.29) is 11.0 Å². The number of hydrogen-bond acceptors (Lipinski definition) is 4. The van der Waals surface area contributed by atoms with Gasteiger partial charge in [-0.15, -0.1) is 0 Å². The highest BCUT2D eigenvalue weighted by molar-refractivity contribution is 5.56. The standard InChI is InChI=1S/C14H9F9N2O2/c15-12(16,17)8-3-7(2-1-6(8)4-24)25-5-9(10(26)13(18,19)20)27-11(25)14(21,22)23/h1-3,9-11,26H,5H2/t9-,10+,11-/m1/s1. The number of aliphatic hydroxyl groups is 1. The molecule has 1 aliphatic heterocycles. The second kappa shape index (κ2) is 6.75. The number of hydrogen-bond donors (Lipinski definition) is 1. The van der Waals surface area contributed by atoms with Crippen molar-refractivity contribution in [3.8, 4) is 6.07 Å². The van der Waals surface area contributed by atoms with Gasteiger partial charge in [-0.2, -0.15) is 44.8 Å². The van der Waals surface area contributed by atoms with Crippen LogP contribution in [-0.2, 0) is 10.9 Å². The number of nitrogens with zero attached hydrogens (tertiary/aromatic N) is 2. The van der Waals surface area contributed by atoms with Crippen molar-refractivity contribution in [2.24, 2.45) is 0 Å². The lowest BCUT2D eigenvalue weighted by molar-refractivity contribution is -0.258. The predicted molar refractivity (Wildman–Crippen MR) is 70.3 cm³/mol. The SMILES string of the molecule is N#Cc1ccc(N2C[C@H]([C@H](O)C(F)(F)F)O[C@@H]2C(F)(F)F)cc1C(F)(F)F. The van der Waals surface area contributed by atoms with Crippen LogP contribution < -0.4 is 4.90 Å². The van der Waals surface area contributed by atoms with Crippen LogP contribution in [-0.4, -0.2) is 42.4 Å². The Morgan fingerprint density at radius 2 is 1.70 bits per heavy atom. The van der Waals surface area contributed by atoms with Gasteiger partial charge in [-0.3, -0.25) is 0 Å². The van der Waals surface area contributed by atoms with Crippen LogP contribution in [0.5, 0.6) is 0 Å². The first-order valence-electron chi connectivity index (χ1n) is 7.01. The molecule has 0 bridgehead atoms. The van der Waals surface area contributed by atoms with Crippen LogP contribution in [0.25, 0.3) is 0 Å². The number of ether oxygens (including phenoxy) is 1. The van der Waals surface area contributed by atoms with E-state index in [0.717, 1.165) is 6.07 Å². The molecular formula is C14H9F9N2O2. The van der Waals surface area contributed by atoms with Gasteiger partial charge in [0.25, 0.3) is 0 Å². The quantitative estimate of drug-likeness (QED) is 0.761. The van der Waals surface area contributed by atoms with E-state index in [0.29, 0.717) is 6.07 Å². The summed E-state index contributed by atoms with van der Waals surface area (Å²) in [5, 5.41) is 17.8. The van der Waals surface area contributed by atoms with Gasteiger partial charge >= 0.3 is 18.5 Å². The third-order valence-corrected chi connectivity index (χ3v) is 3.69. The zero-order valence-electron chi connectivity index (χ0n) is 12.8. The molecule has 0 aliphatic carbocycles. The fourth-order valence-corrected chi connectivity index (χ4v) is 2.49. The van der Waals surface area contributed by atoms with Crippen LogP contribution in [0.2, 0.25) is 0 Å². The third-order valence-electron chi connectivity index (χ3n) is 3.69. The summed E-state index contributed by atoms with van der Waals surface area (Å²) in [6.45, 7) is -1.17. The molecule has 0 unspecified atom stereocenters. The summed E-state index contributed by atoms with van der Waals surface area (Å²) in [6, 6.07) is 2.76. The number of halogens is 9. The van der Waals surface area contributed by atoms with Gasteiger partial charge in [0.1, 0.15) is 6.10 Å². The molecule has 1 heterocycles. The van der Waals surface area contributed by atoms with Gasteiger partial charge in [-0.1, -0.05) is 0 Å². The molecule has 3 atom stereocenters. The molecule has 0 aromatic heterocycles. The van der Waals surface area contributed by atoms with E-state index in [1.165, 1.54) is 6.07 Å². The highest BCUT2D eigenvalue weighted by atomic mass is 19.4. The predicted octanol–water partition coefficient (Wildman–Crippen LogP) is 3.59. The number of alkyl halides is 9. The molecule has 1 fully saturated rings. The number of nitriles is 1. The molecule has 13 heteroatoms. The van der Waals surface area contributed by atoms with E-state index < -0.39 is 60.3 Å². The summed E-state index contributed by atoms with van der Waals surface area (Å²) in [4.78, 5) is 0.121. The van der Waals surface area contributed by atoms with Crippen molar-refractivity contribution in [2.45, 2.75) is 37.0 Å². The molecule has 27 heavy (non-hydrogen) atoms. The van der Waals surface area contributed by atoms with E-state index in [9.17, 15) is 39.5 Å². The summed E-state index contributed by atoms with van der Waals surface area (Å²) in [6.07, 6.45) is -24.3. The second-order valence-corrected chi connectivity index (χ2v) is 5.55. The summed E-state index contributed by atoms with van der Waals surface area (Å²) in [5.41, 5.74) is -3.19. The maximum Gasteiger partial charge on any atom is 0.433 e. The molecule has 1 saturated heterocycles. The van der Waals surface area contributed by atoms with Crippen LogP contribution in [0.3, 0.4) is 0 Å². The third kappa shape index (κ3) is 4.38. The van der Waals surface area contributed by atoms with Crippen LogP contribution in [0.1, 0.15) is 11.1 Å². The molecule has 150 valence electrons. The van der Waals surface area contributed by atoms with Gasteiger partial charge in [0.15, 0.2) is 6.10 Å². The van der Waals surface area contributed by atoms with Gasteiger partial charge < -0.3 is 14.7 Å².